The Hall–Kier alpha value is -1.71. The first-order chi connectivity index (χ1) is 8.25. The summed E-state index contributed by atoms with van der Waals surface area (Å²) >= 11 is 0. The first-order valence-electron chi connectivity index (χ1n) is 6.00. The average Bonchev–Trinajstić information content (AvgIpc) is 2.27. The minimum Gasteiger partial charge on any atom is -0.495 e. The molecule has 0 aromatic heterocycles. The lowest BCUT2D eigenvalue weighted by Crippen LogP contribution is -2.32. The molecule has 3 N–H and O–H groups in total. The second kappa shape index (κ2) is 5.29. The summed E-state index contributed by atoms with van der Waals surface area (Å²) in [6, 6.07) is 5.49. The number of nitrogens with one attached hydrogen (secondary N) is 1. The zero-order valence-corrected chi connectivity index (χ0v) is 11.7. The van der Waals surface area contributed by atoms with Crippen molar-refractivity contribution < 1.29 is 9.53 Å². The van der Waals surface area contributed by atoms with Gasteiger partial charge in [-0.2, -0.15) is 0 Å². The molecule has 1 atom stereocenters. The minimum absolute atomic E-state index is 0.0403. The standard InChI is InChI=1S/C14H22N2O2/c1-9(13(15)17)16-11-8-10(14(2,3)4)6-7-12(11)18-5/h6-9,16H,1-5H3,(H2,15,17)/t9-/m0/s1. The van der Waals surface area contributed by atoms with Crippen LogP contribution in [0.1, 0.15) is 33.3 Å². The number of rotatable bonds is 4. The van der Waals surface area contributed by atoms with Gasteiger partial charge in [0.25, 0.3) is 0 Å². The highest BCUT2D eigenvalue weighted by atomic mass is 16.5. The maximum absolute atomic E-state index is 11.1. The zero-order chi connectivity index (χ0) is 13.9. The number of hydrogen-bond acceptors (Lipinski definition) is 3. The van der Waals surface area contributed by atoms with Gasteiger partial charge in [-0.1, -0.05) is 26.8 Å². The molecule has 0 aliphatic rings. The van der Waals surface area contributed by atoms with E-state index in [4.69, 9.17) is 10.5 Å². The first kappa shape index (κ1) is 14.4. The Morgan fingerprint density at radius 3 is 2.44 bits per heavy atom. The van der Waals surface area contributed by atoms with Gasteiger partial charge in [0, 0.05) is 0 Å². The monoisotopic (exact) mass is 250 g/mol. The van der Waals surface area contributed by atoms with Crippen molar-refractivity contribution in [3.8, 4) is 5.75 Å². The molecule has 100 valence electrons. The molecule has 4 heteroatoms. The second-order valence-electron chi connectivity index (χ2n) is 5.43. The lowest BCUT2D eigenvalue weighted by atomic mass is 9.86. The van der Waals surface area contributed by atoms with Gasteiger partial charge in [-0.15, -0.1) is 0 Å². The molecule has 0 saturated heterocycles. The number of anilines is 1. The van der Waals surface area contributed by atoms with Crippen LogP contribution in [0.25, 0.3) is 0 Å². The third kappa shape index (κ3) is 3.39. The third-order valence-electron chi connectivity index (χ3n) is 2.86. The molecule has 1 aromatic carbocycles. The van der Waals surface area contributed by atoms with Crippen LogP contribution in [0, 0.1) is 0 Å². The fraction of sp³-hybridized carbons (Fsp3) is 0.500. The van der Waals surface area contributed by atoms with Crippen LogP contribution < -0.4 is 15.8 Å². The lowest BCUT2D eigenvalue weighted by Gasteiger charge is -2.22. The Bertz CT molecular complexity index is 436. The zero-order valence-electron chi connectivity index (χ0n) is 11.7. The number of carbonyl (C=O) groups excluding carboxylic acids is 1. The number of ether oxygens (including phenoxy) is 1. The van der Waals surface area contributed by atoms with E-state index in [0.717, 1.165) is 5.69 Å². The molecule has 1 aromatic rings. The number of carbonyl (C=O) groups is 1. The van der Waals surface area contributed by atoms with E-state index in [-0.39, 0.29) is 5.41 Å². The number of benzene rings is 1. The van der Waals surface area contributed by atoms with Gasteiger partial charge < -0.3 is 15.8 Å². The minimum atomic E-state index is -0.436. The summed E-state index contributed by atoms with van der Waals surface area (Å²) in [4.78, 5) is 11.1. The van der Waals surface area contributed by atoms with Crippen molar-refractivity contribution in [2.75, 3.05) is 12.4 Å². The van der Waals surface area contributed by atoms with Gasteiger partial charge in [0.05, 0.1) is 12.8 Å². The number of nitrogens with two attached hydrogens (primary N) is 1. The normalized spacial score (nSPS) is 12.9. The molecule has 1 rings (SSSR count). The van der Waals surface area contributed by atoms with Crippen LogP contribution >= 0.6 is 0 Å². The SMILES string of the molecule is COc1ccc(C(C)(C)C)cc1N[C@@H](C)C(N)=O. The average molecular weight is 250 g/mol. The van der Waals surface area contributed by atoms with Crippen molar-refractivity contribution in [3.05, 3.63) is 23.8 Å². The molecule has 4 nitrogen and oxygen atoms in total. The molecule has 0 unspecified atom stereocenters. The Labute approximate surface area is 109 Å². The Balaban J connectivity index is 3.10. The van der Waals surface area contributed by atoms with Crippen LogP contribution in [-0.2, 0) is 10.2 Å². The number of hydrogen-bond donors (Lipinski definition) is 2. The van der Waals surface area contributed by atoms with E-state index in [0.29, 0.717) is 5.75 Å². The lowest BCUT2D eigenvalue weighted by molar-refractivity contribution is -0.118. The van der Waals surface area contributed by atoms with Gasteiger partial charge >= 0.3 is 0 Å². The van der Waals surface area contributed by atoms with Crippen molar-refractivity contribution >= 4 is 11.6 Å². The van der Waals surface area contributed by atoms with E-state index in [2.05, 4.69) is 26.1 Å². The molecule has 0 bridgehead atoms. The molecule has 0 radical (unpaired) electrons. The van der Waals surface area contributed by atoms with Crippen molar-refractivity contribution in [2.24, 2.45) is 5.73 Å². The van der Waals surface area contributed by atoms with Gasteiger partial charge in [-0.05, 0) is 30.0 Å². The largest absolute Gasteiger partial charge is 0.495 e. The summed E-state index contributed by atoms with van der Waals surface area (Å²) in [5, 5.41) is 3.07. The molecular weight excluding hydrogens is 228 g/mol. The Kier molecular flexibility index (Phi) is 4.22. The number of amides is 1. The number of primary amides is 1. The molecule has 0 aliphatic heterocycles. The fourth-order valence-electron chi connectivity index (χ4n) is 1.59. The van der Waals surface area contributed by atoms with Gasteiger partial charge in [0.1, 0.15) is 11.8 Å². The van der Waals surface area contributed by atoms with Gasteiger partial charge in [0.2, 0.25) is 5.91 Å². The molecule has 0 spiro atoms. The second-order valence-corrected chi connectivity index (χ2v) is 5.43. The predicted octanol–water partition coefficient (Wildman–Crippen LogP) is 2.28. The van der Waals surface area contributed by atoms with Gasteiger partial charge in [-0.3, -0.25) is 4.79 Å². The summed E-state index contributed by atoms with van der Waals surface area (Å²) in [5.74, 6) is 0.314. The maximum atomic E-state index is 11.1. The van der Waals surface area contributed by atoms with E-state index < -0.39 is 11.9 Å². The first-order valence-corrected chi connectivity index (χ1v) is 6.00. The summed E-state index contributed by atoms with van der Waals surface area (Å²) in [5.41, 5.74) is 7.25. The fourth-order valence-corrected chi connectivity index (χ4v) is 1.59. The Morgan fingerprint density at radius 1 is 1.39 bits per heavy atom. The maximum Gasteiger partial charge on any atom is 0.239 e. The summed E-state index contributed by atoms with van der Waals surface area (Å²) < 4.78 is 5.28. The van der Waals surface area contributed by atoms with Crippen molar-refractivity contribution in [1.29, 1.82) is 0 Å². The molecule has 1 amide bonds. The highest BCUT2D eigenvalue weighted by Crippen LogP contribution is 2.31. The number of methoxy groups -OCH3 is 1. The topological polar surface area (TPSA) is 64.3 Å². The van der Waals surface area contributed by atoms with E-state index >= 15 is 0 Å². The summed E-state index contributed by atoms with van der Waals surface area (Å²) in [6.45, 7) is 8.13. The van der Waals surface area contributed by atoms with Crippen LogP contribution in [0.2, 0.25) is 0 Å². The van der Waals surface area contributed by atoms with Crippen molar-refractivity contribution in [3.63, 3.8) is 0 Å². The van der Waals surface area contributed by atoms with Crippen LogP contribution in [0.4, 0.5) is 5.69 Å². The van der Waals surface area contributed by atoms with E-state index in [9.17, 15) is 4.79 Å². The third-order valence-corrected chi connectivity index (χ3v) is 2.86. The molecular formula is C14H22N2O2. The van der Waals surface area contributed by atoms with Gasteiger partial charge in [0.15, 0.2) is 0 Å². The van der Waals surface area contributed by atoms with Gasteiger partial charge in [-0.25, -0.2) is 0 Å². The quantitative estimate of drug-likeness (QED) is 0.861. The van der Waals surface area contributed by atoms with Crippen LogP contribution in [0.5, 0.6) is 5.75 Å². The van der Waals surface area contributed by atoms with Crippen LogP contribution in [-0.4, -0.2) is 19.1 Å². The molecule has 0 aliphatic carbocycles. The van der Waals surface area contributed by atoms with Crippen molar-refractivity contribution in [2.45, 2.75) is 39.2 Å². The van der Waals surface area contributed by atoms with Crippen LogP contribution in [0.3, 0.4) is 0 Å². The van der Waals surface area contributed by atoms with Crippen molar-refractivity contribution in [1.82, 2.24) is 0 Å². The van der Waals surface area contributed by atoms with Crippen LogP contribution in [0.15, 0.2) is 18.2 Å². The van der Waals surface area contributed by atoms with E-state index in [1.807, 2.05) is 18.2 Å². The highest BCUT2D eigenvalue weighted by molar-refractivity contribution is 5.83. The Morgan fingerprint density at radius 2 is 2.00 bits per heavy atom. The molecule has 18 heavy (non-hydrogen) atoms. The summed E-state index contributed by atoms with van der Waals surface area (Å²) in [6.07, 6.45) is 0. The molecule has 0 heterocycles. The predicted molar refractivity (Wildman–Crippen MR) is 74.0 cm³/mol. The molecule has 0 fully saturated rings. The molecule has 0 saturated carbocycles. The van der Waals surface area contributed by atoms with E-state index in [1.54, 1.807) is 14.0 Å². The summed E-state index contributed by atoms with van der Waals surface area (Å²) in [7, 11) is 1.60. The highest BCUT2D eigenvalue weighted by Gasteiger charge is 2.17. The smallest absolute Gasteiger partial charge is 0.239 e. The van der Waals surface area contributed by atoms with E-state index in [1.165, 1.54) is 5.56 Å².